The van der Waals surface area contributed by atoms with Crippen LogP contribution < -0.4 is 10.1 Å². The average molecular weight is 463 g/mol. The van der Waals surface area contributed by atoms with Gasteiger partial charge in [0.1, 0.15) is 16.8 Å². The Morgan fingerprint density at radius 3 is 2.42 bits per heavy atom. The molecule has 0 aliphatic heterocycles. The van der Waals surface area contributed by atoms with E-state index < -0.39 is 5.25 Å². The molecule has 1 N–H and O–H groups in total. The molecule has 168 valence electrons. The van der Waals surface area contributed by atoms with Gasteiger partial charge in [0.25, 0.3) is 0 Å². The minimum Gasteiger partial charge on any atom is -0.496 e. The van der Waals surface area contributed by atoms with Gasteiger partial charge in [-0.2, -0.15) is 0 Å². The van der Waals surface area contributed by atoms with Crippen molar-refractivity contribution in [3.05, 3.63) is 90.2 Å². The number of hydrogen-bond donors (Lipinski definition) is 1. The molecule has 4 rings (SSSR count). The molecule has 1 amide bonds. The SMILES string of the molecule is CCn1c(SC(C(=O)Nc2ccc(F)cc2)c2ccccc2)nnc1-c1ccccc1OC. The predicted molar refractivity (Wildman–Crippen MR) is 128 cm³/mol. The van der Waals surface area contributed by atoms with Gasteiger partial charge in [-0.15, -0.1) is 10.2 Å². The summed E-state index contributed by atoms with van der Waals surface area (Å²) in [4.78, 5) is 13.3. The third-order valence-electron chi connectivity index (χ3n) is 5.06. The maximum Gasteiger partial charge on any atom is 0.242 e. The van der Waals surface area contributed by atoms with Gasteiger partial charge in [0.15, 0.2) is 11.0 Å². The lowest BCUT2D eigenvalue weighted by molar-refractivity contribution is -0.115. The van der Waals surface area contributed by atoms with Crippen molar-refractivity contribution in [2.45, 2.75) is 23.9 Å². The van der Waals surface area contributed by atoms with Gasteiger partial charge < -0.3 is 14.6 Å². The van der Waals surface area contributed by atoms with E-state index in [1.54, 1.807) is 7.11 Å². The number of nitrogens with one attached hydrogen (secondary N) is 1. The van der Waals surface area contributed by atoms with Gasteiger partial charge in [0.05, 0.1) is 12.7 Å². The minimum absolute atomic E-state index is 0.234. The zero-order chi connectivity index (χ0) is 23.2. The van der Waals surface area contributed by atoms with Gasteiger partial charge in [-0.05, 0) is 48.9 Å². The second-order valence-electron chi connectivity index (χ2n) is 7.16. The van der Waals surface area contributed by atoms with Crippen molar-refractivity contribution in [1.29, 1.82) is 0 Å². The van der Waals surface area contributed by atoms with Crippen LogP contribution in [-0.4, -0.2) is 27.8 Å². The maximum absolute atomic E-state index is 13.3. The number of hydrogen-bond acceptors (Lipinski definition) is 5. The van der Waals surface area contributed by atoms with Crippen LogP contribution in [0.15, 0.2) is 84.0 Å². The highest BCUT2D eigenvalue weighted by atomic mass is 32.2. The monoisotopic (exact) mass is 462 g/mol. The average Bonchev–Trinajstić information content (AvgIpc) is 3.26. The summed E-state index contributed by atoms with van der Waals surface area (Å²) < 4.78 is 20.7. The number of amides is 1. The summed E-state index contributed by atoms with van der Waals surface area (Å²) in [5.74, 6) is 0.775. The molecule has 6 nitrogen and oxygen atoms in total. The molecule has 0 fully saturated rings. The van der Waals surface area contributed by atoms with Crippen molar-refractivity contribution in [2.75, 3.05) is 12.4 Å². The van der Waals surface area contributed by atoms with Crippen molar-refractivity contribution < 1.29 is 13.9 Å². The van der Waals surface area contributed by atoms with Crippen LogP contribution in [0.25, 0.3) is 11.4 Å². The number of methoxy groups -OCH3 is 1. The van der Waals surface area contributed by atoms with Gasteiger partial charge in [-0.1, -0.05) is 54.2 Å². The normalized spacial score (nSPS) is 11.7. The molecule has 1 heterocycles. The second-order valence-corrected chi connectivity index (χ2v) is 8.23. The quantitative estimate of drug-likeness (QED) is 0.346. The lowest BCUT2D eigenvalue weighted by Crippen LogP contribution is -2.19. The lowest BCUT2D eigenvalue weighted by atomic mass is 10.1. The van der Waals surface area contributed by atoms with E-state index in [0.717, 1.165) is 11.1 Å². The molecule has 33 heavy (non-hydrogen) atoms. The Morgan fingerprint density at radius 1 is 1.03 bits per heavy atom. The van der Waals surface area contributed by atoms with Crippen molar-refractivity contribution in [3.8, 4) is 17.1 Å². The number of anilines is 1. The van der Waals surface area contributed by atoms with Gasteiger partial charge in [0.2, 0.25) is 5.91 Å². The number of para-hydroxylation sites is 1. The molecular formula is C25H23FN4O2S. The third-order valence-corrected chi connectivity index (χ3v) is 6.29. The Balaban J connectivity index is 1.67. The number of thioether (sulfide) groups is 1. The molecule has 3 aromatic carbocycles. The first-order valence-corrected chi connectivity index (χ1v) is 11.3. The van der Waals surface area contributed by atoms with Crippen LogP contribution in [0, 0.1) is 5.82 Å². The molecule has 0 radical (unpaired) electrons. The summed E-state index contributed by atoms with van der Waals surface area (Å²) in [7, 11) is 1.62. The number of carbonyl (C=O) groups is 1. The largest absolute Gasteiger partial charge is 0.496 e. The lowest BCUT2D eigenvalue weighted by Gasteiger charge is -2.17. The van der Waals surface area contributed by atoms with Gasteiger partial charge in [-0.3, -0.25) is 4.79 Å². The Hall–Kier alpha value is -3.65. The standard InChI is InChI=1S/C25H23FN4O2S/c1-3-30-23(20-11-7-8-12-21(20)32-2)28-29-25(30)33-22(17-9-5-4-6-10-17)24(31)27-19-15-13-18(26)14-16-19/h4-16,22H,3H2,1-2H3,(H,27,31). The molecule has 8 heteroatoms. The summed E-state index contributed by atoms with van der Waals surface area (Å²) in [5.41, 5.74) is 2.18. The Labute approximate surface area is 195 Å². The minimum atomic E-state index is -0.587. The van der Waals surface area contributed by atoms with E-state index in [2.05, 4.69) is 15.5 Å². The molecule has 4 aromatic rings. The highest BCUT2D eigenvalue weighted by molar-refractivity contribution is 8.00. The number of nitrogens with zero attached hydrogens (tertiary/aromatic N) is 3. The number of carbonyl (C=O) groups excluding carboxylic acids is 1. The Kier molecular flexibility index (Phi) is 7.04. The fraction of sp³-hybridized carbons (Fsp3) is 0.160. The number of halogens is 1. The van der Waals surface area contributed by atoms with E-state index in [9.17, 15) is 9.18 Å². The Bertz CT molecular complexity index is 1230. The summed E-state index contributed by atoms with van der Waals surface area (Å²) >= 11 is 1.31. The molecule has 1 aromatic heterocycles. The molecule has 1 atom stereocenters. The molecular weight excluding hydrogens is 439 g/mol. The van der Waals surface area contributed by atoms with Crippen molar-refractivity contribution in [3.63, 3.8) is 0 Å². The highest BCUT2D eigenvalue weighted by Gasteiger charge is 2.26. The first-order chi connectivity index (χ1) is 16.1. The zero-order valence-electron chi connectivity index (χ0n) is 18.2. The fourth-order valence-electron chi connectivity index (χ4n) is 3.44. The van der Waals surface area contributed by atoms with Crippen LogP contribution in [0.1, 0.15) is 17.7 Å². The topological polar surface area (TPSA) is 69.0 Å². The van der Waals surface area contributed by atoms with E-state index >= 15 is 0 Å². The zero-order valence-corrected chi connectivity index (χ0v) is 19.1. The smallest absolute Gasteiger partial charge is 0.242 e. The van der Waals surface area contributed by atoms with E-state index in [1.807, 2.05) is 66.1 Å². The van der Waals surface area contributed by atoms with Crippen LogP contribution >= 0.6 is 11.8 Å². The van der Waals surface area contributed by atoms with Crippen molar-refractivity contribution in [1.82, 2.24) is 14.8 Å². The number of benzene rings is 3. The van der Waals surface area contributed by atoms with Crippen LogP contribution in [-0.2, 0) is 11.3 Å². The van der Waals surface area contributed by atoms with Crippen molar-refractivity contribution in [2.24, 2.45) is 0 Å². The third kappa shape index (κ3) is 5.06. The van der Waals surface area contributed by atoms with Crippen LogP contribution in [0.5, 0.6) is 5.75 Å². The van der Waals surface area contributed by atoms with E-state index in [0.29, 0.717) is 29.0 Å². The number of ether oxygens (including phenoxy) is 1. The first kappa shape index (κ1) is 22.5. The summed E-state index contributed by atoms with van der Waals surface area (Å²) in [6.45, 7) is 2.62. The summed E-state index contributed by atoms with van der Waals surface area (Å²) in [5, 5.41) is 11.7. The van der Waals surface area contributed by atoms with Crippen LogP contribution in [0.3, 0.4) is 0 Å². The van der Waals surface area contributed by atoms with Crippen molar-refractivity contribution >= 4 is 23.4 Å². The van der Waals surface area contributed by atoms with E-state index in [-0.39, 0.29) is 11.7 Å². The molecule has 0 saturated heterocycles. The van der Waals surface area contributed by atoms with Gasteiger partial charge in [0, 0.05) is 12.2 Å². The summed E-state index contributed by atoms with van der Waals surface area (Å²) in [6, 6.07) is 22.8. The van der Waals surface area contributed by atoms with Gasteiger partial charge in [-0.25, -0.2) is 4.39 Å². The number of rotatable bonds is 8. The fourth-order valence-corrected chi connectivity index (χ4v) is 4.54. The summed E-state index contributed by atoms with van der Waals surface area (Å²) in [6.07, 6.45) is 0. The maximum atomic E-state index is 13.3. The molecule has 0 spiro atoms. The second kappa shape index (κ2) is 10.3. The van der Waals surface area contributed by atoms with Crippen LogP contribution in [0.4, 0.5) is 10.1 Å². The van der Waals surface area contributed by atoms with E-state index in [1.165, 1.54) is 36.0 Å². The Morgan fingerprint density at radius 2 is 1.73 bits per heavy atom. The molecule has 1 unspecified atom stereocenters. The van der Waals surface area contributed by atoms with E-state index in [4.69, 9.17) is 4.74 Å². The van der Waals surface area contributed by atoms with Gasteiger partial charge >= 0.3 is 0 Å². The van der Waals surface area contributed by atoms with Crippen LogP contribution in [0.2, 0.25) is 0 Å². The molecule has 0 aliphatic carbocycles. The highest BCUT2D eigenvalue weighted by Crippen LogP contribution is 2.38. The molecule has 0 aliphatic rings. The molecule has 0 bridgehead atoms. The first-order valence-electron chi connectivity index (χ1n) is 10.4. The predicted octanol–water partition coefficient (Wildman–Crippen LogP) is 5.58. The molecule has 0 saturated carbocycles. The number of aromatic nitrogens is 3.